The molecule has 0 bridgehead atoms. The van der Waals surface area contributed by atoms with Gasteiger partial charge in [-0.3, -0.25) is 18.5 Å². The third kappa shape index (κ3) is 3.19. The van der Waals surface area contributed by atoms with Crippen LogP contribution in [0.1, 0.15) is 37.7 Å². The van der Waals surface area contributed by atoms with Crippen molar-refractivity contribution in [2.45, 2.75) is 44.7 Å². The van der Waals surface area contributed by atoms with Gasteiger partial charge in [0.1, 0.15) is 5.75 Å². The lowest BCUT2D eigenvalue weighted by Crippen LogP contribution is -2.37. The number of hydrogen-bond donors (Lipinski definition) is 2. The van der Waals surface area contributed by atoms with Gasteiger partial charge in [0.05, 0.1) is 6.54 Å². The normalized spacial score (nSPS) is 15.2. The van der Waals surface area contributed by atoms with Gasteiger partial charge in [0.2, 0.25) is 5.95 Å². The lowest BCUT2D eigenvalue weighted by molar-refractivity contribution is 0.459. The van der Waals surface area contributed by atoms with Gasteiger partial charge in [-0.1, -0.05) is 31.4 Å². The Balaban J connectivity index is 1.87. The fourth-order valence-corrected chi connectivity index (χ4v) is 3.92. The van der Waals surface area contributed by atoms with Crippen molar-refractivity contribution in [3.8, 4) is 5.75 Å². The number of aromatic nitrogens is 4. The van der Waals surface area contributed by atoms with Gasteiger partial charge >= 0.3 is 5.69 Å². The van der Waals surface area contributed by atoms with Crippen LogP contribution in [0.2, 0.25) is 0 Å². The van der Waals surface area contributed by atoms with E-state index in [0.717, 1.165) is 23.0 Å². The van der Waals surface area contributed by atoms with Crippen molar-refractivity contribution in [2.75, 3.05) is 5.32 Å². The van der Waals surface area contributed by atoms with Gasteiger partial charge in [-0.05, 0) is 30.5 Å². The zero-order valence-electron chi connectivity index (χ0n) is 16.2. The van der Waals surface area contributed by atoms with Crippen LogP contribution in [-0.2, 0) is 20.6 Å². The number of nitrogens with one attached hydrogen (secondary N) is 1. The number of phenolic OH excluding ortho intramolecular Hbond substituents is 1. The van der Waals surface area contributed by atoms with Crippen molar-refractivity contribution in [3.05, 3.63) is 50.7 Å². The van der Waals surface area contributed by atoms with Gasteiger partial charge < -0.3 is 10.4 Å². The molecular formula is C20H25N5O3. The number of anilines is 1. The molecule has 1 aliphatic rings. The Bertz CT molecular complexity index is 1120. The molecular weight excluding hydrogens is 358 g/mol. The molecule has 4 rings (SSSR count). The number of aryl methyl sites for hydroxylation is 1. The third-order valence-electron chi connectivity index (χ3n) is 5.56. The Morgan fingerprint density at radius 2 is 1.75 bits per heavy atom. The standard InChI is InChI=1S/C20H25N5O3/c1-23-17-16(18(27)24(2)20(23)28)25(12-13-8-10-15(26)11-9-13)19(22-17)21-14-6-4-3-5-7-14/h8-11,14,26H,3-7,12H2,1-2H3,(H,21,22). The van der Waals surface area contributed by atoms with Gasteiger partial charge in [0.15, 0.2) is 11.2 Å². The first-order valence-corrected chi connectivity index (χ1v) is 9.66. The Morgan fingerprint density at radius 3 is 2.43 bits per heavy atom. The maximum Gasteiger partial charge on any atom is 0.332 e. The van der Waals surface area contributed by atoms with Crippen LogP contribution < -0.4 is 16.6 Å². The molecule has 0 radical (unpaired) electrons. The lowest BCUT2D eigenvalue weighted by Gasteiger charge is -2.23. The highest BCUT2D eigenvalue weighted by molar-refractivity contribution is 5.74. The van der Waals surface area contributed by atoms with Gasteiger partial charge in [0, 0.05) is 20.1 Å². The molecule has 1 aliphatic carbocycles. The smallest absolute Gasteiger partial charge is 0.332 e. The predicted octanol–water partition coefficient (Wildman–Crippen LogP) is 1.93. The topological polar surface area (TPSA) is 94.1 Å². The summed E-state index contributed by atoms with van der Waals surface area (Å²) in [5.41, 5.74) is 0.956. The van der Waals surface area contributed by atoms with Crippen molar-refractivity contribution < 1.29 is 5.11 Å². The third-order valence-corrected chi connectivity index (χ3v) is 5.56. The molecule has 1 saturated carbocycles. The van der Waals surface area contributed by atoms with E-state index in [1.807, 2.05) is 16.7 Å². The van der Waals surface area contributed by atoms with Crippen LogP contribution in [0.4, 0.5) is 5.95 Å². The van der Waals surface area contributed by atoms with Crippen molar-refractivity contribution in [1.29, 1.82) is 0 Å². The van der Waals surface area contributed by atoms with Crippen LogP contribution in [0.15, 0.2) is 33.9 Å². The zero-order chi connectivity index (χ0) is 19.8. The van der Waals surface area contributed by atoms with E-state index < -0.39 is 5.69 Å². The van der Waals surface area contributed by atoms with Crippen LogP contribution >= 0.6 is 0 Å². The van der Waals surface area contributed by atoms with E-state index in [1.54, 1.807) is 19.2 Å². The lowest BCUT2D eigenvalue weighted by atomic mass is 9.96. The molecule has 0 saturated heterocycles. The van der Waals surface area contributed by atoms with Gasteiger partial charge in [-0.2, -0.15) is 4.98 Å². The monoisotopic (exact) mass is 383 g/mol. The average molecular weight is 383 g/mol. The van der Waals surface area contributed by atoms with Crippen LogP contribution in [0, 0.1) is 0 Å². The molecule has 0 amide bonds. The average Bonchev–Trinajstić information content (AvgIpc) is 3.05. The van der Waals surface area contributed by atoms with E-state index >= 15 is 0 Å². The second-order valence-electron chi connectivity index (χ2n) is 7.55. The van der Waals surface area contributed by atoms with E-state index in [-0.39, 0.29) is 11.3 Å². The van der Waals surface area contributed by atoms with Gasteiger partial charge in [-0.25, -0.2) is 4.79 Å². The maximum absolute atomic E-state index is 12.9. The Hall–Kier alpha value is -3.03. The van der Waals surface area contributed by atoms with Crippen LogP contribution in [-0.4, -0.2) is 29.8 Å². The first kappa shape index (κ1) is 18.3. The molecule has 3 aromatic rings. The van der Waals surface area contributed by atoms with E-state index in [4.69, 9.17) is 0 Å². The predicted molar refractivity (Wildman–Crippen MR) is 108 cm³/mol. The van der Waals surface area contributed by atoms with Crippen LogP contribution in [0.3, 0.4) is 0 Å². The molecule has 0 spiro atoms. The molecule has 1 aromatic carbocycles. The summed E-state index contributed by atoms with van der Waals surface area (Å²) in [6, 6.07) is 7.19. The molecule has 8 nitrogen and oxygen atoms in total. The van der Waals surface area contributed by atoms with Crippen LogP contribution in [0.5, 0.6) is 5.75 Å². The molecule has 148 valence electrons. The SMILES string of the molecule is Cn1c(=O)c2c(nc(NC3CCCCC3)n2Cc2ccc(O)cc2)n(C)c1=O. The maximum atomic E-state index is 12.9. The number of imidazole rings is 1. The molecule has 28 heavy (non-hydrogen) atoms. The summed E-state index contributed by atoms with van der Waals surface area (Å²) in [5.74, 6) is 0.798. The molecule has 2 N–H and O–H groups in total. The van der Waals surface area contributed by atoms with Crippen molar-refractivity contribution >= 4 is 17.1 Å². The van der Waals surface area contributed by atoms with Gasteiger partial charge in [0.25, 0.3) is 5.56 Å². The molecule has 0 atom stereocenters. The summed E-state index contributed by atoms with van der Waals surface area (Å²) in [6.45, 7) is 0.416. The number of nitrogens with zero attached hydrogens (tertiary/aromatic N) is 4. The summed E-state index contributed by atoms with van der Waals surface area (Å²) in [6.07, 6.45) is 5.74. The van der Waals surface area contributed by atoms with Crippen molar-refractivity contribution in [1.82, 2.24) is 18.7 Å². The Morgan fingerprint density at radius 1 is 1.07 bits per heavy atom. The summed E-state index contributed by atoms with van der Waals surface area (Å²) in [7, 11) is 3.11. The van der Waals surface area contributed by atoms with E-state index in [0.29, 0.717) is 29.7 Å². The van der Waals surface area contributed by atoms with E-state index in [1.165, 1.54) is 30.9 Å². The number of benzene rings is 1. The fraction of sp³-hybridized carbons (Fsp3) is 0.450. The molecule has 1 fully saturated rings. The molecule has 8 heteroatoms. The highest BCUT2D eigenvalue weighted by Crippen LogP contribution is 2.24. The van der Waals surface area contributed by atoms with Crippen molar-refractivity contribution in [2.24, 2.45) is 14.1 Å². The number of aromatic hydroxyl groups is 1. The summed E-state index contributed by atoms with van der Waals surface area (Å²) >= 11 is 0. The quantitative estimate of drug-likeness (QED) is 0.718. The number of fused-ring (bicyclic) bond motifs is 1. The minimum Gasteiger partial charge on any atom is -0.508 e. The van der Waals surface area contributed by atoms with Gasteiger partial charge in [-0.15, -0.1) is 0 Å². The fourth-order valence-electron chi connectivity index (χ4n) is 3.92. The number of rotatable bonds is 4. The first-order chi connectivity index (χ1) is 13.5. The number of hydrogen-bond acceptors (Lipinski definition) is 5. The summed E-state index contributed by atoms with van der Waals surface area (Å²) in [4.78, 5) is 29.9. The molecule has 0 aliphatic heterocycles. The second kappa shape index (κ2) is 7.18. The summed E-state index contributed by atoms with van der Waals surface area (Å²) < 4.78 is 4.37. The highest BCUT2D eigenvalue weighted by atomic mass is 16.3. The van der Waals surface area contributed by atoms with Crippen LogP contribution in [0.25, 0.3) is 11.2 Å². The van der Waals surface area contributed by atoms with Crippen molar-refractivity contribution in [3.63, 3.8) is 0 Å². The van der Waals surface area contributed by atoms with E-state index in [9.17, 15) is 14.7 Å². The zero-order valence-corrected chi connectivity index (χ0v) is 16.2. The molecule has 2 aromatic heterocycles. The Kier molecular flexibility index (Phi) is 4.70. The summed E-state index contributed by atoms with van der Waals surface area (Å²) in [5, 5.41) is 13.1. The molecule has 0 unspecified atom stereocenters. The Labute approximate surface area is 162 Å². The largest absolute Gasteiger partial charge is 0.508 e. The first-order valence-electron chi connectivity index (χ1n) is 9.66. The minimum atomic E-state index is -0.393. The minimum absolute atomic E-state index is 0.193. The number of phenols is 1. The molecule has 2 heterocycles. The van der Waals surface area contributed by atoms with E-state index in [2.05, 4.69) is 10.3 Å². The highest BCUT2D eigenvalue weighted by Gasteiger charge is 2.22. The second-order valence-corrected chi connectivity index (χ2v) is 7.55.